The third kappa shape index (κ3) is 3.56. The SMILES string of the molecule is CC(C)C(=O)N1CCN(C(=O)c2cccs2)C[C@@]2(CC(=O)N(C)C2)C1. The van der Waals surface area contributed by atoms with Crippen molar-refractivity contribution >= 4 is 29.1 Å². The highest BCUT2D eigenvalue weighted by molar-refractivity contribution is 7.12. The smallest absolute Gasteiger partial charge is 0.263 e. The number of hydrogen-bond acceptors (Lipinski definition) is 4. The fraction of sp³-hybridized carbons (Fsp3) is 0.611. The lowest BCUT2D eigenvalue weighted by atomic mass is 9.85. The molecule has 0 radical (unpaired) electrons. The first-order valence-corrected chi connectivity index (χ1v) is 9.55. The molecule has 0 aromatic carbocycles. The van der Waals surface area contributed by atoms with E-state index in [0.717, 1.165) is 0 Å². The van der Waals surface area contributed by atoms with Gasteiger partial charge in [-0.05, 0) is 11.4 Å². The molecule has 1 spiro atoms. The molecule has 1 aromatic rings. The van der Waals surface area contributed by atoms with Gasteiger partial charge in [-0.2, -0.15) is 0 Å². The summed E-state index contributed by atoms with van der Waals surface area (Å²) in [7, 11) is 1.79. The van der Waals surface area contributed by atoms with Crippen LogP contribution in [0.4, 0.5) is 0 Å². The number of thiophene rings is 1. The Balaban J connectivity index is 1.88. The Morgan fingerprint density at radius 1 is 1.16 bits per heavy atom. The zero-order valence-corrected chi connectivity index (χ0v) is 15.8. The van der Waals surface area contributed by atoms with Gasteiger partial charge in [-0.15, -0.1) is 11.3 Å². The van der Waals surface area contributed by atoms with Gasteiger partial charge in [-0.1, -0.05) is 19.9 Å². The maximum Gasteiger partial charge on any atom is 0.263 e. The summed E-state index contributed by atoms with van der Waals surface area (Å²) in [6, 6.07) is 3.69. The highest BCUT2D eigenvalue weighted by Gasteiger charge is 2.47. The molecule has 25 heavy (non-hydrogen) atoms. The van der Waals surface area contributed by atoms with E-state index in [4.69, 9.17) is 0 Å². The third-order valence-electron chi connectivity index (χ3n) is 5.04. The van der Waals surface area contributed by atoms with E-state index in [9.17, 15) is 14.4 Å². The molecule has 2 aliphatic rings. The zero-order valence-electron chi connectivity index (χ0n) is 15.0. The van der Waals surface area contributed by atoms with Crippen LogP contribution >= 0.6 is 11.3 Å². The molecular weight excluding hydrogens is 338 g/mol. The molecule has 0 aliphatic carbocycles. The van der Waals surface area contributed by atoms with Crippen LogP contribution in [-0.4, -0.2) is 72.2 Å². The second-order valence-electron chi connectivity index (χ2n) is 7.55. The van der Waals surface area contributed by atoms with Gasteiger partial charge in [0, 0.05) is 57.5 Å². The van der Waals surface area contributed by atoms with Crippen LogP contribution in [0.15, 0.2) is 17.5 Å². The van der Waals surface area contributed by atoms with Gasteiger partial charge in [0.05, 0.1) is 4.88 Å². The summed E-state index contributed by atoms with van der Waals surface area (Å²) in [4.78, 5) is 43.7. The number of likely N-dealkylation sites (tertiary alicyclic amines) is 1. The molecule has 1 aromatic heterocycles. The van der Waals surface area contributed by atoms with Crippen LogP contribution in [0.5, 0.6) is 0 Å². The van der Waals surface area contributed by atoms with Crippen LogP contribution in [0.3, 0.4) is 0 Å². The van der Waals surface area contributed by atoms with Crippen molar-refractivity contribution in [2.45, 2.75) is 20.3 Å². The van der Waals surface area contributed by atoms with Gasteiger partial charge in [0.2, 0.25) is 11.8 Å². The van der Waals surface area contributed by atoms with Gasteiger partial charge in [-0.25, -0.2) is 0 Å². The Morgan fingerprint density at radius 2 is 1.84 bits per heavy atom. The largest absolute Gasteiger partial charge is 0.345 e. The van der Waals surface area contributed by atoms with Crippen LogP contribution in [0.1, 0.15) is 29.9 Å². The van der Waals surface area contributed by atoms with Gasteiger partial charge in [0.25, 0.3) is 5.91 Å². The van der Waals surface area contributed by atoms with Gasteiger partial charge in [0.15, 0.2) is 0 Å². The molecule has 0 unspecified atom stereocenters. The molecule has 0 saturated carbocycles. The first-order valence-electron chi connectivity index (χ1n) is 8.67. The van der Waals surface area contributed by atoms with Gasteiger partial charge in [-0.3, -0.25) is 14.4 Å². The van der Waals surface area contributed by atoms with Crippen molar-refractivity contribution in [2.24, 2.45) is 11.3 Å². The summed E-state index contributed by atoms with van der Waals surface area (Å²) < 4.78 is 0. The van der Waals surface area contributed by atoms with Crippen LogP contribution in [-0.2, 0) is 9.59 Å². The van der Waals surface area contributed by atoms with E-state index >= 15 is 0 Å². The van der Waals surface area contributed by atoms with Gasteiger partial charge >= 0.3 is 0 Å². The van der Waals surface area contributed by atoms with Crippen LogP contribution in [0.2, 0.25) is 0 Å². The minimum Gasteiger partial charge on any atom is -0.345 e. The predicted molar refractivity (Wildman–Crippen MR) is 96.3 cm³/mol. The van der Waals surface area contributed by atoms with E-state index in [2.05, 4.69) is 0 Å². The summed E-state index contributed by atoms with van der Waals surface area (Å²) in [6.45, 7) is 6.45. The average Bonchev–Trinajstić information content (AvgIpc) is 3.13. The Bertz CT molecular complexity index is 673. The van der Waals surface area contributed by atoms with E-state index in [0.29, 0.717) is 44.0 Å². The maximum atomic E-state index is 12.9. The second kappa shape index (κ2) is 6.78. The highest BCUT2D eigenvalue weighted by atomic mass is 32.1. The number of hydrogen-bond donors (Lipinski definition) is 0. The molecule has 1 atom stereocenters. The lowest BCUT2D eigenvalue weighted by Gasteiger charge is -2.33. The van der Waals surface area contributed by atoms with E-state index < -0.39 is 0 Å². The third-order valence-corrected chi connectivity index (χ3v) is 5.90. The molecule has 3 rings (SSSR count). The lowest BCUT2D eigenvalue weighted by molar-refractivity contribution is -0.135. The minimum absolute atomic E-state index is 0.00442. The average molecular weight is 363 g/mol. The van der Waals surface area contributed by atoms with E-state index in [1.54, 1.807) is 11.9 Å². The molecule has 0 N–H and O–H groups in total. The highest BCUT2D eigenvalue weighted by Crippen LogP contribution is 2.35. The number of nitrogens with zero attached hydrogens (tertiary/aromatic N) is 3. The van der Waals surface area contributed by atoms with Crippen molar-refractivity contribution in [1.82, 2.24) is 14.7 Å². The van der Waals surface area contributed by atoms with Crippen LogP contribution in [0.25, 0.3) is 0 Å². The minimum atomic E-state index is -0.375. The molecule has 2 saturated heterocycles. The topological polar surface area (TPSA) is 60.9 Å². The molecule has 2 fully saturated rings. The van der Waals surface area contributed by atoms with E-state index in [1.165, 1.54) is 11.3 Å². The van der Waals surface area contributed by atoms with Crippen molar-refractivity contribution in [3.63, 3.8) is 0 Å². The van der Waals surface area contributed by atoms with Gasteiger partial charge in [0.1, 0.15) is 0 Å². The van der Waals surface area contributed by atoms with Crippen LogP contribution < -0.4 is 0 Å². The molecule has 2 aliphatic heterocycles. The lowest BCUT2D eigenvalue weighted by Crippen LogP contribution is -2.45. The monoisotopic (exact) mass is 363 g/mol. The number of carbonyl (C=O) groups excluding carboxylic acids is 3. The summed E-state index contributed by atoms with van der Waals surface area (Å²) in [6.07, 6.45) is 0.388. The molecule has 0 bridgehead atoms. The number of carbonyl (C=O) groups is 3. The Morgan fingerprint density at radius 3 is 2.40 bits per heavy atom. The molecule has 136 valence electrons. The Kier molecular flexibility index (Phi) is 4.86. The molecular formula is C18H25N3O3S. The van der Waals surface area contributed by atoms with Crippen LogP contribution in [0, 0.1) is 11.3 Å². The van der Waals surface area contributed by atoms with E-state index in [1.807, 2.05) is 41.2 Å². The summed E-state index contributed by atoms with van der Waals surface area (Å²) in [5.41, 5.74) is -0.375. The summed E-state index contributed by atoms with van der Waals surface area (Å²) in [5.74, 6) is 0.0795. The first kappa shape index (κ1) is 17.9. The van der Waals surface area contributed by atoms with Crippen molar-refractivity contribution in [2.75, 3.05) is 39.8 Å². The van der Waals surface area contributed by atoms with Crippen molar-refractivity contribution in [3.05, 3.63) is 22.4 Å². The maximum absolute atomic E-state index is 12.9. The standard InChI is InChI=1S/C18H25N3O3S/c1-13(2)16(23)20-6-7-21(17(24)14-5-4-8-25-14)12-18(11-20)9-15(22)19(3)10-18/h4-5,8,13H,6-7,9-12H2,1-3H3/t18-/m1/s1. The van der Waals surface area contributed by atoms with Gasteiger partial charge < -0.3 is 14.7 Å². The predicted octanol–water partition coefficient (Wildman–Crippen LogP) is 1.54. The van der Waals surface area contributed by atoms with Crippen molar-refractivity contribution < 1.29 is 14.4 Å². The summed E-state index contributed by atoms with van der Waals surface area (Å²) >= 11 is 1.43. The first-order chi connectivity index (χ1) is 11.8. The zero-order chi connectivity index (χ0) is 18.2. The molecule has 3 heterocycles. The fourth-order valence-corrected chi connectivity index (χ4v) is 4.55. The van der Waals surface area contributed by atoms with Crippen molar-refractivity contribution in [3.8, 4) is 0 Å². The molecule has 7 heteroatoms. The Hall–Kier alpha value is -1.89. The summed E-state index contributed by atoms with van der Waals surface area (Å²) in [5, 5.41) is 1.89. The molecule has 6 nitrogen and oxygen atoms in total. The fourth-order valence-electron chi connectivity index (χ4n) is 3.86. The van der Waals surface area contributed by atoms with Crippen molar-refractivity contribution in [1.29, 1.82) is 0 Å². The quantitative estimate of drug-likeness (QED) is 0.801. The second-order valence-corrected chi connectivity index (χ2v) is 8.49. The van der Waals surface area contributed by atoms with E-state index in [-0.39, 0.29) is 29.1 Å². The molecule has 3 amide bonds. The normalized spacial score (nSPS) is 24.3. The number of rotatable bonds is 2. The number of amides is 3. The Labute approximate surface area is 152 Å².